The summed E-state index contributed by atoms with van der Waals surface area (Å²) in [6.45, 7) is 2.12. The maximum Gasteiger partial charge on any atom is 0.338 e. The van der Waals surface area contributed by atoms with E-state index >= 15 is 0 Å². The van der Waals surface area contributed by atoms with Crippen LogP contribution in [0, 0.1) is 0 Å². The predicted octanol–water partition coefficient (Wildman–Crippen LogP) is 2.84. The van der Waals surface area contributed by atoms with Gasteiger partial charge in [0.25, 0.3) is 0 Å². The molecule has 1 aliphatic rings. The summed E-state index contributed by atoms with van der Waals surface area (Å²) in [5.74, 6) is -0.313. The third-order valence-electron chi connectivity index (χ3n) is 3.20. The van der Waals surface area contributed by atoms with Gasteiger partial charge in [0.05, 0.1) is 5.56 Å². The van der Waals surface area contributed by atoms with Crippen molar-refractivity contribution in [3.63, 3.8) is 0 Å². The van der Waals surface area contributed by atoms with Crippen LogP contribution in [0.2, 0.25) is 0 Å². The monoisotopic (exact) mass is 234 g/mol. The van der Waals surface area contributed by atoms with Crippen molar-refractivity contribution in [2.75, 3.05) is 0 Å². The molecule has 0 saturated heterocycles. The molecule has 2 rings (SSSR count). The molecule has 0 spiro atoms. The summed E-state index contributed by atoms with van der Waals surface area (Å²) in [5.41, 5.74) is 1.19. The molecule has 3 nitrogen and oxygen atoms in total. The summed E-state index contributed by atoms with van der Waals surface area (Å²) >= 11 is 0. The number of esters is 1. The minimum atomic E-state index is -0.680. The molecule has 0 saturated carbocycles. The number of hydrogen-bond acceptors (Lipinski definition) is 3. The predicted molar refractivity (Wildman–Crippen MR) is 64.7 cm³/mol. The van der Waals surface area contributed by atoms with Crippen LogP contribution in [-0.4, -0.2) is 17.2 Å². The van der Waals surface area contributed by atoms with Gasteiger partial charge in [-0.25, -0.2) is 4.79 Å². The largest absolute Gasteiger partial charge is 0.456 e. The van der Waals surface area contributed by atoms with Crippen LogP contribution in [0.4, 0.5) is 0 Å². The number of rotatable bonds is 4. The Morgan fingerprint density at radius 2 is 2.06 bits per heavy atom. The van der Waals surface area contributed by atoms with Crippen LogP contribution in [0.25, 0.3) is 0 Å². The molecule has 0 aromatic heterocycles. The van der Waals surface area contributed by atoms with Gasteiger partial charge in [-0.3, -0.25) is 0 Å². The highest BCUT2D eigenvalue weighted by atomic mass is 16.6. The molecule has 1 aromatic carbocycles. The Morgan fingerprint density at radius 3 is 2.82 bits per heavy atom. The molecule has 0 radical (unpaired) electrons. The van der Waals surface area contributed by atoms with Gasteiger partial charge in [-0.05, 0) is 24.5 Å². The molecule has 2 atom stereocenters. The van der Waals surface area contributed by atoms with E-state index in [-0.39, 0.29) is 12.1 Å². The van der Waals surface area contributed by atoms with E-state index in [1.807, 2.05) is 6.07 Å². The van der Waals surface area contributed by atoms with Gasteiger partial charge < -0.3 is 9.84 Å². The first kappa shape index (κ1) is 12.1. The van der Waals surface area contributed by atoms with E-state index in [1.165, 1.54) is 0 Å². The van der Waals surface area contributed by atoms with Crippen LogP contribution in [0.15, 0.2) is 24.3 Å². The van der Waals surface area contributed by atoms with Crippen LogP contribution >= 0.6 is 0 Å². The minimum Gasteiger partial charge on any atom is -0.456 e. The van der Waals surface area contributed by atoms with Crippen LogP contribution < -0.4 is 0 Å². The first-order chi connectivity index (χ1) is 8.24. The summed E-state index contributed by atoms with van der Waals surface area (Å²) in [7, 11) is 0. The number of unbranched alkanes of at least 4 members (excludes halogenated alkanes) is 2. The van der Waals surface area contributed by atoms with Crippen molar-refractivity contribution in [2.24, 2.45) is 0 Å². The van der Waals surface area contributed by atoms with Gasteiger partial charge in [-0.15, -0.1) is 0 Å². The van der Waals surface area contributed by atoms with E-state index in [2.05, 4.69) is 6.92 Å². The Hall–Kier alpha value is -1.35. The van der Waals surface area contributed by atoms with Gasteiger partial charge in [0.1, 0.15) is 12.2 Å². The van der Waals surface area contributed by atoms with E-state index in [0.717, 1.165) is 25.7 Å². The highest BCUT2D eigenvalue weighted by Gasteiger charge is 2.33. The lowest BCUT2D eigenvalue weighted by molar-refractivity contribution is -0.0329. The fourth-order valence-electron chi connectivity index (χ4n) is 2.22. The van der Waals surface area contributed by atoms with Crippen molar-refractivity contribution in [1.29, 1.82) is 0 Å². The van der Waals surface area contributed by atoms with E-state index < -0.39 is 6.10 Å². The zero-order valence-electron chi connectivity index (χ0n) is 10.1. The Morgan fingerprint density at radius 1 is 1.29 bits per heavy atom. The molecule has 1 N–H and O–H groups in total. The van der Waals surface area contributed by atoms with Crippen molar-refractivity contribution in [3.05, 3.63) is 35.4 Å². The van der Waals surface area contributed by atoms with Crippen LogP contribution in [0.3, 0.4) is 0 Å². The molecule has 92 valence electrons. The van der Waals surface area contributed by atoms with Gasteiger partial charge in [-0.1, -0.05) is 38.0 Å². The van der Waals surface area contributed by atoms with Crippen molar-refractivity contribution in [3.8, 4) is 0 Å². The quantitative estimate of drug-likeness (QED) is 0.643. The molecule has 1 aromatic rings. The maximum atomic E-state index is 11.7. The Balaban J connectivity index is 2.12. The third-order valence-corrected chi connectivity index (χ3v) is 3.20. The number of benzene rings is 1. The lowest BCUT2D eigenvalue weighted by Crippen LogP contribution is -2.32. The number of carbonyl (C=O) groups is 1. The number of hydrogen-bond donors (Lipinski definition) is 1. The molecule has 3 heteroatoms. The molecule has 1 heterocycles. The van der Waals surface area contributed by atoms with Gasteiger partial charge in [-0.2, -0.15) is 0 Å². The number of ether oxygens (including phenoxy) is 1. The lowest BCUT2D eigenvalue weighted by Gasteiger charge is -2.29. The second-order valence-electron chi connectivity index (χ2n) is 4.47. The second-order valence-corrected chi connectivity index (χ2v) is 4.47. The number of aliphatic hydroxyl groups excluding tert-OH is 1. The van der Waals surface area contributed by atoms with Crippen molar-refractivity contribution in [1.82, 2.24) is 0 Å². The number of carbonyl (C=O) groups excluding carboxylic acids is 1. The number of aliphatic hydroxyl groups is 1. The van der Waals surface area contributed by atoms with Gasteiger partial charge in [0.2, 0.25) is 0 Å². The summed E-state index contributed by atoms with van der Waals surface area (Å²) in [6.07, 6.45) is 2.86. The molecule has 0 fully saturated rings. The van der Waals surface area contributed by atoms with Gasteiger partial charge in [0, 0.05) is 0 Å². The molecule has 1 aliphatic heterocycles. The summed E-state index contributed by atoms with van der Waals surface area (Å²) in [5, 5.41) is 10.2. The van der Waals surface area contributed by atoms with Crippen LogP contribution in [-0.2, 0) is 4.74 Å². The van der Waals surface area contributed by atoms with Gasteiger partial charge >= 0.3 is 5.97 Å². The highest BCUT2D eigenvalue weighted by molar-refractivity contribution is 5.92. The fourth-order valence-corrected chi connectivity index (χ4v) is 2.22. The molecule has 0 amide bonds. The molecular weight excluding hydrogens is 216 g/mol. The Labute approximate surface area is 101 Å². The maximum absolute atomic E-state index is 11.7. The van der Waals surface area contributed by atoms with Gasteiger partial charge in [0.15, 0.2) is 0 Å². The smallest absolute Gasteiger partial charge is 0.338 e. The van der Waals surface area contributed by atoms with Crippen molar-refractivity contribution < 1.29 is 14.6 Å². The Bertz CT molecular complexity index is 400. The third kappa shape index (κ3) is 2.50. The van der Waals surface area contributed by atoms with E-state index in [9.17, 15) is 9.90 Å². The molecule has 0 bridgehead atoms. The van der Waals surface area contributed by atoms with E-state index in [0.29, 0.717) is 11.1 Å². The van der Waals surface area contributed by atoms with Crippen molar-refractivity contribution >= 4 is 5.97 Å². The average Bonchev–Trinajstić information content (AvgIpc) is 2.36. The van der Waals surface area contributed by atoms with Crippen LogP contribution in [0.5, 0.6) is 0 Å². The summed E-state index contributed by atoms with van der Waals surface area (Å²) < 4.78 is 5.28. The number of fused-ring (bicyclic) bond motifs is 1. The molecular formula is C14H18O3. The van der Waals surface area contributed by atoms with E-state index in [1.54, 1.807) is 18.2 Å². The second kappa shape index (κ2) is 5.32. The van der Waals surface area contributed by atoms with Crippen LogP contribution in [0.1, 0.15) is 54.6 Å². The first-order valence-electron chi connectivity index (χ1n) is 6.22. The zero-order chi connectivity index (χ0) is 12.3. The molecule has 0 aliphatic carbocycles. The summed E-state index contributed by atoms with van der Waals surface area (Å²) in [6, 6.07) is 7.12. The number of cyclic esters (lactones) is 1. The summed E-state index contributed by atoms with van der Waals surface area (Å²) in [4.78, 5) is 11.7. The topological polar surface area (TPSA) is 46.5 Å². The molecule has 17 heavy (non-hydrogen) atoms. The van der Waals surface area contributed by atoms with E-state index in [4.69, 9.17) is 4.74 Å². The fraction of sp³-hybridized carbons (Fsp3) is 0.500. The first-order valence-corrected chi connectivity index (χ1v) is 6.22. The standard InChI is InChI=1S/C14H18O3/c1-2-3-4-9-12-13(15)10-7-5-6-8-11(10)14(16)17-12/h5-8,12-13,15H,2-4,9H2,1H3/t12-,13-/m0/s1. The molecule has 0 unspecified atom stereocenters. The minimum absolute atomic E-state index is 0.313. The average molecular weight is 234 g/mol. The highest BCUT2D eigenvalue weighted by Crippen LogP contribution is 2.31. The Kier molecular flexibility index (Phi) is 3.79. The normalized spacial score (nSPS) is 23.1. The lowest BCUT2D eigenvalue weighted by atomic mass is 9.93. The zero-order valence-corrected chi connectivity index (χ0v) is 10.1. The SMILES string of the molecule is CCCCC[C@@H]1OC(=O)c2ccccc2[C@@H]1O. The van der Waals surface area contributed by atoms with Crippen molar-refractivity contribution in [2.45, 2.75) is 44.8 Å².